The van der Waals surface area contributed by atoms with Gasteiger partial charge in [-0.2, -0.15) is 0 Å². The minimum absolute atomic E-state index is 0. The fraction of sp³-hybridized carbons (Fsp3) is 0.421. The third-order valence-electron chi connectivity index (χ3n) is 4.43. The first kappa shape index (κ1) is 20.3. The Morgan fingerprint density at radius 3 is 2.46 bits per heavy atom. The zero-order valence-corrected chi connectivity index (χ0v) is 16.0. The zero-order valence-electron chi connectivity index (χ0n) is 15.2. The molecule has 0 aliphatic rings. The SMILES string of the molecule is CNCCN(C)C(=O)c1cc(C)n(C(C)c2ccccc2)c1C.Cl. The quantitative estimate of drug-likeness (QED) is 0.867. The van der Waals surface area contributed by atoms with Crippen molar-refractivity contribution in [1.82, 2.24) is 14.8 Å². The highest BCUT2D eigenvalue weighted by Gasteiger charge is 2.21. The molecule has 0 saturated heterocycles. The molecule has 1 aromatic heterocycles. The van der Waals surface area contributed by atoms with Crippen LogP contribution in [0.3, 0.4) is 0 Å². The Morgan fingerprint density at radius 2 is 1.88 bits per heavy atom. The molecule has 1 atom stereocenters. The van der Waals surface area contributed by atoms with Crippen LogP contribution in [0.25, 0.3) is 0 Å². The highest BCUT2D eigenvalue weighted by atomic mass is 35.5. The number of benzene rings is 1. The van der Waals surface area contributed by atoms with Gasteiger partial charge in [0.1, 0.15) is 0 Å². The second kappa shape index (κ2) is 8.90. The standard InChI is InChI=1S/C19H27N3O.ClH/c1-14-13-18(19(23)21(5)12-11-20-4)16(3)22(14)15(2)17-9-7-6-8-10-17;/h6-10,13,15,20H,11-12H2,1-5H3;1H. The number of carbonyl (C=O) groups is 1. The number of hydrogen-bond acceptors (Lipinski definition) is 2. The Bertz CT molecular complexity index is 667. The number of amides is 1. The minimum Gasteiger partial charge on any atom is -0.341 e. The van der Waals surface area contributed by atoms with Gasteiger partial charge in [-0.15, -0.1) is 12.4 Å². The number of rotatable bonds is 6. The van der Waals surface area contributed by atoms with Crippen molar-refractivity contribution in [2.75, 3.05) is 27.2 Å². The van der Waals surface area contributed by atoms with Gasteiger partial charge in [-0.05, 0) is 39.4 Å². The summed E-state index contributed by atoms with van der Waals surface area (Å²) in [5.74, 6) is 0.0832. The molecule has 1 heterocycles. The topological polar surface area (TPSA) is 37.3 Å². The molecule has 1 N–H and O–H groups in total. The molecular weight excluding hydrogens is 322 g/mol. The molecule has 4 nitrogen and oxygen atoms in total. The molecule has 1 aromatic carbocycles. The molecular formula is C19H28ClN3O. The molecule has 0 radical (unpaired) electrons. The van der Waals surface area contributed by atoms with E-state index in [1.807, 2.05) is 33.2 Å². The molecule has 0 aliphatic carbocycles. The summed E-state index contributed by atoms with van der Waals surface area (Å²) in [6.45, 7) is 7.77. The fourth-order valence-electron chi connectivity index (χ4n) is 3.06. The van der Waals surface area contributed by atoms with Crippen molar-refractivity contribution in [3.05, 3.63) is 58.9 Å². The van der Waals surface area contributed by atoms with Crippen LogP contribution in [0.5, 0.6) is 0 Å². The largest absolute Gasteiger partial charge is 0.341 e. The van der Waals surface area contributed by atoms with Crippen molar-refractivity contribution in [1.29, 1.82) is 0 Å². The van der Waals surface area contributed by atoms with E-state index in [0.29, 0.717) is 6.54 Å². The predicted octanol–water partition coefficient (Wildman–Crippen LogP) is 3.43. The number of halogens is 1. The lowest BCUT2D eigenvalue weighted by atomic mass is 10.1. The zero-order chi connectivity index (χ0) is 17.0. The van der Waals surface area contributed by atoms with E-state index in [1.165, 1.54) is 5.56 Å². The molecule has 0 bridgehead atoms. The second-order valence-corrected chi connectivity index (χ2v) is 6.07. The van der Waals surface area contributed by atoms with Crippen LogP contribution >= 0.6 is 12.4 Å². The lowest BCUT2D eigenvalue weighted by Gasteiger charge is -2.20. The first-order valence-corrected chi connectivity index (χ1v) is 8.10. The van der Waals surface area contributed by atoms with Crippen LogP contribution in [-0.4, -0.2) is 42.6 Å². The van der Waals surface area contributed by atoms with Crippen LogP contribution in [0.15, 0.2) is 36.4 Å². The maximum Gasteiger partial charge on any atom is 0.255 e. The van der Waals surface area contributed by atoms with E-state index < -0.39 is 0 Å². The Kier molecular flexibility index (Phi) is 7.52. The van der Waals surface area contributed by atoms with Crippen LogP contribution in [0.1, 0.15) is 40.3 Å². The summed E-state index contributed by atoms with van der Waals surface area (Å²) in [7, 11) is 3.75. The van der Waals surface area contributed by atoms with Crippen molar-refractivity contribution >= 4 is 18.3 Å². The minimum atomic E-state index is 0. The first-order chi connectivity index (χ1) is 11.0. The molecule has 1 unspecified atom stereocenters. The molecule has 0 spiro atoms. The van der Waals surface area contributed by atoms with E-state index in [0.717, 1.165) is 23.5 Å². The maximum absolute atomic E-state index is 12.7. The van der Waals surface area contributed by atoms with Crippen LogP contribution in [0, 0.1) is 13.8 Å². The average Bonchev–Trinajstić information content (AvgIpc) is 2.86. The molecule has 132 valence electrons. The summed E-state index contributed by atoms with van der Waals surface area (Å²) in [6, 6.07) is 12.6. The number of aromatic nitrogens is 1. The van der Waals surface area contributed by atoms with E-state index in [1.54, 1.807) is 4.90 Å². The summed E-state index contributed by atoms with van der Waals surface area (Å²) in [6.07, 6.45) is 0. The normalized spacial score (nSPS) is 11.7. The van der Waals surface area contributed by atoms with E-state index >= 15 is 0 Å². The Balaban J connectivity index is 0.00000288. The smallest absolute Gasteiger partial charge is 0.255 e. The van der Waals surface area contributed by atoms with Gasteiger partial charge in [-0.1, -0.05) is 30.3 Å². The number of aryl methyl sites for hydroxylation is 1. The lowest BCUT2D eigenvalue weighted by Crippen LogP contribution is -2.33. The van der Waals surface area contributed by atoms with Crippen molar-refractivity contribution in [2.24, 2.45) is 0 Å². The molecule has 0 aliphatic heterocycles. The maximum atomic E-state index is 12.7. The highest BCUT2D eigenvalue weighted by Crippen LogP contribution is 2.26. The Hall–Kier alpha value is -1.78. The number of nitrogens with one attached hydrogen (secondary N) is 1. The van der Waals surface area contributed by atoms with Gasteiger partial charge < -0.3 is 14.8 Å². The number of carbonyl (C=O) groups excluding carboxylic acids is 1. The van der Waals surface area contributed by atoms with E-state index in [9.17, 15) is 4.79 Å². The summed E-state index contributed by atoms with van der Waals surface area (Å²) < 4.78 is 2.24. The van der Waals surface area contributed by atoms with Gasteiger partial charge in [-0.3, -0.25) is 4.79 Å². The predicted molar refractivity (Wildman–Crippen MR) is 102 cm³/mol. The van der Waals surface area contributed by atoms with Gasteiger partial charge in [0, 0.05) is 31.5 Å². The van der Waals surface area contributed by atoms with Crippen molar-refractivity contribution in [3.63, 3.8) is 0 Å². The molecule has 0 saturated carbocycles. The summed E-state index contributed by atoms with van der Waals surface area (Å²) >= 11 is 0. The monoisotopic (exact) mass is 349 g/mol. The third kappa shape index (κ3) is 4.19. The molecule has 0 fully saturated rings. The third-order valence-corrected chi connectivity index (χ3v) is 4.43. The average molecular weight is 350 g/mol. The van der Waals surface area contributed by atoms with Crippen LogP contribution in [-0.2, 0) is 0 Å². The second-order valence-electron chi connectivity index (χ2n) is 6.07. The van der Waals surface area contributed by atoms with Gasteiger partial charge in [0.25, 0.3) is 5.91 Å². The summed E-state index contributed by atoms with van der Waals surface area (Å²) in [5, 5.41) is 3.08. The molecule has 5 heteroatoms. The van der Waals surface area contributed by atoms with Gasteiger partial charge in [-0.25, -0.2) is 0 Å². The summed E-state index contributed by atoms with van der Waals surface area (Å²) in [5.41, 5.74) is 4.19. The van der Waals surface area contributed by atoms with E-state index in [4.69, 9.17) is 0 Å². The molecule has 2 rings (SSSR count). The van der Waals surface area contributed by atoms with Crippen molar-refractivity contribution < 1.29 is 4.79 Å². The molecule has 2 aromatic rings. The van der Waals surface area contributed by atoms with Gasteiger partial charge in [0.15, 0.2) is 0 Å². The number of hydrogen-bond donors (Lipinski definition) is 1. The number of nitrogens with zero attached hydrogens (tertiary/aromatic N) is 2. The van der Waals surface area contributed by atoms with E-state index in [-0.39, 0.29) is 24.4 Å². The summed E-state index contributed by atoms with van der Waals surface area (Å²) in [4.78, 5) is 14.5. The van der Waals surface area contributed by atoms with Crippen LogP contribution < -0.4 is 5.32 Å². The fourth-order valence-corrected chi connectivity index (χ4v) is 3.06. The van der Waals surface area contributed by atoms with Crippen LogP contribution in [0.2, 0.25) is 0 Å². The molecule has 24 heavy (non-hydrogen) atoms. The highest BCUT2D eigenvalue weighted by molar-refractivity contribution is 5.95. The Morgan fingerprint density at radius 1 is 1.25 bits per heavy atom. The van der Waals surface area contributed by atoms with Gasteiger partial charge >= 0.3 is 0 Å². The van der Waals surface area contributed by atoms with Crippen LogP contribution in [0.4, 0.5) is 0 Å². The van der Waals surface area contributed by atoms with Gasteiger partial charge in [0.05, 0.1) is 11.6 Å². The van der Waals surface area contributed by atoms with Gasteiger partial charge in [0.2, 0.25) is 0 Å². The van der Waals surface area contributed by atoms with Crippen molar-refractivity contribution in [3.8, 4) is 0 Å². The first-order valence-electron chi connectivity index (χ1n) is 8.10. The van der Waals surface area contributed by atoms with Crippen molar-refractivity contribution in [2.45, 2.75) is 26.8 Å². The van der Waals surface area contributed by atoms with E-state index in [2.05, 4.69) is 48.0 Å². The molecule has 1 amide bonds. The Labute approximate surface area is 151 Å². The lowest BCUT2D eigenvalue weighted by molar-refractivity contribution is 0.0796. The number of likely N-dealkylation sites (N-methyl/N-ethyl adjacent to an activating group) is 2.